The van der Waals surface area contributed by atoms with Gasteiger partial charge in [-0.3, -0.25) is 9.78 Å². The molecule has 0 radical (unpaired) electrons. The van der Waals surface area contributed by atoms with Gasteiger partial charge >= 0.3 is 0 Å². The number of carbonyl (C=O) groups excluding carboxylic acids is 1. The van der Waals surface area contributed by atoms with Crippen molar-refractivity contribution >= 4 is 22.4 Å². The Labute approximate surface area is 112 Å². The lowest BCUT2D eigenvalue weighted by Gasteiger charge is -2.09. The van der Waals surface area contributed by atoms with Gasteiger partial charge in [-0.1, -0.05) is 12.1 Å². The highest BCUT2D eigenvalue weighted by atomic mass is 16.5. The van der Waals surface area contributed by atoms with Crippen LogP contribution in [-0.2, 0) is 9.53 Å². The van der Waals surface area contributed by atoms with E-state index in [-0.39, 0.29) is 12.5 Å². The lowest BCUT2D eigenvalue weighted by atomic mass is 10.1. The number of ether oxygens (including phenoxy) is 1. The highest BCUT2D eigenvalue weighted by molar-refractivity contribution is 6.02. The molecular formula is C14H17N3O2. The largest absolute Gasteiger partial charge is 0.383 e. The first-order valence-electron chi connectivity index (χ1n) is 6.13. The number of nitrogens with one attached hydrogen (secondary N) is 2. The third-order valence-electron chi connectivity index (χ3n) is 2.72. The molecule has 0 aliphatic rings. The SMILES string of the molecule is COCCNCC(=O)Nc1cccc2cnccc12. The fraction of sp³-hybridized carbons (Fsp3) is 0.286. The van der Waals surface area contributed by atoms with Crippen LogP contribution in [0.3, 0.4) is 0 Å². The maximum atomic E-state index is 11.8. The van der Waals surface area contributed by atoms with Crippen LogP contribution < -0.4 is 10.6 Å². The number of carbonyl (C=O) groups is 1. The van der Waals surface area contributed by atoms with E-state index in [1.54, 1.807) is 19.5 Å². The minimum atomic E-state index is -0.0691. The van der Waals surface area contributed by atoms with Gasteiger partial charge in [0.15, 0.2) is 0 Å². The predicted octanol–water partition coefficient (Wildman–Crippen LogP) is 1.41. The first kappa shape index (κ1) is 13.5. The molecule has 1 aromatic heterocycles. The Kier molecular flexibility index (Phi) is 4.83. The van der Waals surface area contributed by atoms with Crippen molar-refractivity contribution in [2.75, 3.05) is 32.1 Å². The number of hydrogen-bond donors (Lipinski definition) is 2. The molecule has 100 valence electrons. The van der Waals surface area contributed by atoms with Gasteiger partial charge in [0.05, 0.1) is 13.2 Å². The number of nitrogens with zero attached hydrogens (tertiary/aromatic N) is 1. The van der Waals surface area contributed by atoms with Crippen LogP contribution in [0.5, 0.6) is 0 Å². The van der Waals surface area contributed by atoms with Crippen LogP contribution in [0.4, 0.5) is 5.69 Å². The van der Waals surface area contributed by atoms with E-state index in [4.69, 9.17) is 4.74 Å². The maximum Gasteiger partial charge on any atom is 0.238 e. The van der Waals surface area contributed by atoms with Crippen molar-refractivity contribution in [1.29, 1.82) is 0 Å². The van der Waals surface area contributed by atoms with Crippen LogP contribution in [-0.4, -0.2) is 37.7 Å². The highest BCUT2D eigenvalue weighted by Gasteiger charge is 2.05. The minimum Gasteiger partial charge on any atom is -0.383 e. The molecule has 2 N–H and O–H groups in total. The Morgan fingerprint density at radius 3 is 3.11 bits per heavy atom. The third-order valence-corrected chi connectivity index (χ3v) is 2.72. The monoisotopic (exact) mass is 259 g/mol. The summed E-state index contributed by atoms with van der Waals surface area (Å²) in [4.78, 5) is 15.9. The van der Waals surface area contributed by atoms with Gasteiger partial charge in [-0.25, -0.2) is 0 Å². The summed E-state index contributed by atoms with van der Waals surface area (Å²) in [5, 5.41) is 7.89. The average Bonchev–Trinajstić information content (AvgIpc) is 2.44. The molecule has 0 spiro atoms. The lowest BCUT2D eigenvalue weighted by Crippen LogP contribution is -2.30. The summed E-state index contributed by atoms with van der Waals surface area (Å²) in [6, 6.07) is 7.64. The van der Waals surface area contributed by atoms with Crippen molar-refractivity contribution in [3.8, 4) is 0 Å². The predicted molar refractivity (Wildman–Crippen MR) is 75.1 cm³/mol. The lowest BCUT2D eigenvalue weighted by molar-refractivity contribution is -0.115. The smallest absolute Gasteiger partial charge is 0.238 e. The molecule has 0 atom stereocenters. The second-order valence-electron chi connectivity index (χ2n) is 4.12. The first-order valence-corrected chi connectivity index (χ1v) is 6.13. The van der Waals surface area contributed by atoms with Crippen LogP contribution >= 0.6 is 0 Å². The van der Waals surface area contributed by atoms with Crippen LogP contribution in [0.25, 0.3) is 10.8 Å². The van der Waals surface area contributed by atoms with E-state index in [1.807, 2.05) is 24.3 Å². The number of pyridine rings is 1. The summed E-state index contributed by atoms with van der Waals surface area (Å²) in [6.45, 7) is 1.52. The maximum absolute atomic E-state index is 11.8. The minimum absolute atomic E-state index is 0.0691. The molecule has 1 amide bonds. The molecule has 0 fully saturated rings. The van der Waals surface area contributed by atoms with Crippen LogP contribution in [0, 0.1) is 0 Å². The number of anilines is 1. The van der Waals surface area contributed by atoms with E-state index in [0.717, 1.165) is 16.5 Å². The standard InChI is InChI=1S/C14H17N3O2/c1-19-8-7-16-10-14(18)17-13-4-2-3-11-9-15-6-5-12(11)13/h2-6,9,16H,7-8,10H2,1H3,(H,17,18). The number of hydrogen-bond acceptors (Lipinski definition) is 4. The summed E-state index contributed by atoms with van der Waals surface area (Å²) in [6.07, 6.45) is 3.50. The normalized spacial score (nSPS) is 10.6. The molecule has 0 unspecified atom stereocenters. The third kappa shape index (κ3) is 3.74. The Bertz CT molecular complexity index is 552. The van der Waals surface area contributed by atoms with Crippen molar-refractivity contribution in [1.82, 2.24) is 10.3 Å². The molecule has 5 nitrogen and oxygen atoms in total. The quantitative estimate of drug-likeness (QED) is 0.770. The number of amides is 1. The molecule has 2 aromatic rings. The van der Waals surface area contributed by atoms with Crippen LogP contribution in [0.2, 0.25) is 0 Å². The van der Waals surface area contributed by atoms with Gasteiger partial charge in [-0.2, -0.15) is 0 Å². The van der Waals surface area contributed by atoms with Crippen molar-refractivity contribution < 1.29 is 9.53 Å². The zero-order valence-corrected chi connectivity index (χ0v) is 10.8. The number of benzene rings is 1. The second kappa shape index (κ2) is 6.82. The highest BCUT2D eigenvalue weighted by Crippen LogP contribution is 2.21. The summed E-state index contributed by atoms with van der Waals surface area (Å²) in [7, 11) is 1.63. The van der Waals surface area contributed by atoms with E-state index in [9.17, 15) is 4.79 Å². The molecule has 0 saturated heterocycles. The van der Waals surface area contributed by atoms with E-state index in [2.05, 4.69) is 15.6 Å². The van der Waals surface area contributed by atoms with E-state index < -0.39 is 0 Å². The summed E-state index contributed by atoms with van der Waals surface area (Å²) < 4.78 is 4.90. The fourth-order valence-electron chi connectivity index (χ4n) is 1.80. The van der Waals surface area contributed by atoms with E-state index in [0.29, 0.717) is 13.2 Å². The molecule has 0 saturated carbocycles. The number of rotatable bonds is 6. The molecule has 0 aliphatic carbocycles. The molecule has 0 bridgehead atoms. The van der Waals surface area contributed by atoms with Crippen LogP contribution in [0.1, 0.15) is 0 Å². The molecule has 19 heavy (non-hydrogen) atoms. The summed E-state index contributed by atoms with van der Waals surface area (Å²) in [5.41, 5.74) is 0.804. The van der Waals surface area contributed by atoms with Gasteiger partial charge in [0.2, 0.25) is 5.91 Å². The Morgan fingerprint density at radius 1 is 1.37 bits per heavy atom. The Balaban J connectivity index is 1.99. The zero-order valence-electron chi connectivity index (χ0n) is 10.8. The van der Waals surface area contributed by atoms with Crippen molar-refractivity contribution in [3.63, 3.8) is 0 Å². The van der Waals surface area contributed by atoms with Crippen molar-refractivity contribution in [3.05, 3.63) is 36.7 Å². The van der Waals surface area contributed by atoms with Gasteiger partial charge in [0, 0.05) is 42.5 Å². The molecule has 2 rings (SSSR count). The molecule has 1 heterocycles. The molecule has 1 aromatic carbocycles. The number of fused-ring (bicyclic) bond motifs is 1. The summed E-state index contributed by atoms with van der Waals surface area (Å²) >= 11 is 0. The zero-order chi connectivity index (χ0) is 13.5. The fourth-order valence-corrected chi connectivity index (χ4v) is 1.80. The van der Waals surface area contributed by atoms with Crippen molar-refractivity contribution in [2.45, 2.75) is 0 Å². The van der Waals surface area contributed by atoms with Gasteiger partial charge in [-0.05, 0) is 12.1 Å². The van der Waals surface area contributed by atoms with Crippen LogP contribution in [0.15, 0.2) is 36.7 Å². The first-order chi connectivity index (χ1) is 9.31. The van der Waals surface area contributed by atoms with Gasteiger partial charge < -0.3 is 15.4 Å². The van der Waals surface area contributed by atoms with Gasteiger partial charge in [-0.15, -0.1) is 0 Å². The Morgan fingerprint density at radius 2 is 2.26 bits per heavy atom. The van der Waals surface area contributed by atoms with Crippen molar-refractivity contribution in [2.24, 2.45) is 0 Å². The van der Waals surface area contributed by atoms with Gasteiger partial charge in [0.1, 0.15) is 0 Å². The average molecular weight is 259 g/mol. The summed E-state index contributed by atoms with van der Waals surface area (Å²) in [5.74, 6) is -0.0691. The molecular weight excluding hydrogens is 242 g/mol. The molecule has 0 aliphatic heterocycles. The molecule has 5 heteroatoms. The van der Waals surface area contributed by atoms with E-state index in [1.165, 1.54) is 0 Å². The Hall–Kier alpha value is -1.98. The van der Waals surface area contributed by atoms with Gasteiger partial charge in [0.25, 0.3) is 0 Å². The number of methoxy groups -OCH3 is 1. The van der Waals surface area contributed by atoms with E-state index >= 15 is 0 Å². The topological polar surface area (TPSA) is 63.2 Å². The second-order valence-corrected chi connectivity index (χ2v) is 4.12. The number of aromatic nitrogens is 1.